The summed E-state index contributed by atoms with van der Waals surface area (Å²) in [6.45, 7) is 8.57. The minimum atomic E-state index is -3.82. The molecule has 0 aliphatic carbocycles. The molecular weight excluding hydrogens is 488 g/mol. The molecule has 3 aromatic rings. The van der Waals surface area contributed by atoms with Crippen LogP contribution in [-0.4, -0.2) is 70.4 Å². The highest BCUT2D eigenvalue weighted by Crippen LogP contribution is 2.28. The first kappa shape index (κ1) is 25.0. The Kier molecular flexibility index (Phi) is 7.06. The van der Waals surface area contributed by atoms with Crippen LogP contribution < -0.4 is 9.62 Å². The number of nitrogens with zero attached hydrogens (tertiary/aromatic N) is 5. The molecule has 1 aliphatic rings. The zero-order valence-corrected chi connectivity index (χ0v) is 21.4. The lowest BCUT2D eigenvalue weighted by molar-refractivity contribution is 0.0974. The molecule has 186 valence electrons. The first-order chi connectivity index (χ1) is 16.5. The Labute approximate surface area is 208 Å². The fourth-order valence-corrected chi connectivity index (χ4v) is 5.09. The van der Waals surface area contributed by atoms with Crippen molar-refractivity contribution >= 4 is 33.1 Å². The molecule has 35 heavy (non-hydrogen) atoms. The topological polar surface area (TPSA) is 129 Å². The van der Waals surface area contributed by atoms with Crippen LogP contribution in [0.5, 0.6) is 5.75 Å². The minimum Gasteiger partial charge on any atom is -0.506 e. The standard InChI is InChI=1S/C23H28N6O4S2/c1-23(2,3)35(32,33)27-22(31)20-4-5-21(26-25-20)29-8-6-28(7-9-29)14-19-11-17(15-34-19)16-10-18(30)13-24-12-16/h4-5,10-13,15,30H,6-9,14H2,1-3H3,(H,27,31). The van der Waals surface area contributed by atoms with Gasteiger partial charge in [-0.2, -0.15) is 0 Å². The molecule has 0 spiro atoms. The molecule has 1 aliphatic heterocycles. The Hall–Kier alpha value is -3.09. The molecule has 12 heteroatoms. The largest absolute Gasteiger partial charge is 0.506 e. The zero-order valence-electron chi connectivity index (χ0n) is 19.8. The van der Waals surface area contributed by atoms with Gasteiger partial charge >= 0.3 is 0 Å². The average molecular weight is 517 g/mol. The normalized spacial score (nSPS) is 15.2. The smallest absolute Gasteiger partial charge is 0.285 e. The van der Waals surface area contributed by atoms with Gasteiger partial charge in [0.25, 0.3) is 5.91 Å². The van der Waals surface area contributed by atoms with Crippen LogP contribution in [0, 0.1) is 0 Å². The summed E-state index contributed by atoms with van der Waals surface area (Å²) in [7, 11) is -3.82. The molecule has 0 saturated carbocycles. The van der Waals surface area contributed by atoms with E-state index in [1.165, 1.54) is 37.9 Å². The molecule has 4 rings (SSSR count). The van der Waals surface area contributed by atoms with Crippen molar-refractivity contribution in [2.45, 2.75) is 32.1 Å². The van der Waals surface area contributed by atoms with Crippen molar-refractivity contribution in [1.82, 2.24) is 24.8 Å². The van der Waals surface area contributed by atoms with Crippen LogP contribution in [0.25, 0.3) is 11.1 Å². The Morgan fingerprint density at radius 2 is 1.83 bits per heavy atom. The number of nitrogens with one attached hydrogen (secondary N) is 1. The van der Waals surface area contributed by atoms with E-state index < -0.39 is 20.7 Å². The summed E-state index contributed by atoms with van der Waals surface area (Å²) in [4.78, 5) is 22.0. The first-order valence-electron chi connectivity index (χ1n) is 11.1. The number of pyridine rings is 1. The molecule has 0 aromatic carbocycles. The van der Waals surface area contributed by atoms with E-state index in [2.05, 4.69) is 41.1 Å². The number of aromatic hydroxyl groups is 1. The van der Waals surface area contributed by atoms with Crippen molar-refractivity contribution in [2.75, 3.05) is 31.1 Å². The van der Waals surface area contributed by atoms with Crippen molar-refractivity contribution < 1.29 is 18.3 Å². The van der Waals surface area contributed by atoms with Gasteiger partial charge < -0.3 is 10.0 Å². The van der Waals surface area contributed by atoms with Crippen LogP contribution in [0.4, 0.5) is 5.82 Å². The Morgan fingerprint density at radius 3 is 2.46 bits per heavy atom. The van der Waals surface area contributed by atoms with Crippen LogP contribution in [-0.2, 0) is 16.6 Å². The number of aromatic nitrogens is 3. The second-order valence-electron chi connectivity index (χ2n) is 9.32. The molecule has 10 nitrogen and oxygen atoms in total. The number of sulfonamides is 1. The lowest BCUT2D eigenvalue weighted by Gasteiger charge is -2.34. The molecule has 1 amide bonds. The van der Waals surface area contributed by atoms with Crippen molar-refractivity contribution in [2.24, 2.45) is 0 Å². The third-order valence-electron chi connectivity index (χ3n) is 5.70. The van der Waals surface area contributed by atoms with Crippen LogP contribution in [0.2, 0.25) is 0 Å². The van der Waals surface area contributed by atoms with Crippen molar-refractivity contribution in [3.63, 3.8) is 0 Å². The summed E-state index contributed by atoms with van der Waals surface area (Å²) in [5, 5.41) is 19.8. The van der Waals surface area contributed by atoms with Crippen molar-refractivity contribution in [1.29, 1.82) is 0 Å². The minimum absolute atomic E-state index is 0.0457. The van der Waals surface area contributed by atoms with E-state index in [1.54, 1.807) is 29.7 Å². The second-order valence-corrected chi connectivity index (χ2v) is 12.8. The highest BCUT2D eigenvalue weighted by atomic mass is 32.2. The van der Waals surface area contributed by atoms with Gasteiger partial charge in [-0.05, 0) is 56.0 Å². The van der Waals surface area contributed by atoms with Gasteiger partial charge in [-0.3, -0.25) is 14.7 Å². The predicted molar refractivity (Wildman–Crippen MR) is 135 cm³/mol. The Balaban J connectivity index is 1.31. The number of hydrogen-bond donors (Lipinski definition) is 2. The lowest BCUT2D eigenvalue weighted by atomic mass is 10.1. The summed E-state index contributed by atoms with van der Waals surface area (Å²) in [6, 6.07) is 7.02. The summed E-state index contributed by atoms with van der Waals surface area (Å²) in [6.07, 6.45) is 3.16. The van der Waals surface area contributed by atoms with Crippen molar-refractivity contribution in [3.05, 3.63) is 52.6 Å². The van der Waals surface area contributed by atoms with E-state index in [-0.39, 0.29) is 11.4 Å². The number of piperazine rings is 1. The van der Waals surface area contributed by atoms with Crippen LogP contribution in [0.15, 0.2) is 42.0 Å². The van der Waals surface area contributed by atoms with Gasteiger partial charge in [0, 0.05) is 49.4 Å². The van der Waals surface area contributed by atoms with E-state index in [1.807, 2.05) is 0 Å². The van der Waals surface area contributed by atoms with Gasteiger partial charge in [0.2, 0.25) is 10.0 Å². The molecule has 0 atom stereocenters. The number of anilines is 1. The van der Waals surface area contributed by atoms with Gasteiger partial charge in [-0.15, -0.1) is 21.5 Å². The van der Waals surface area contributed by atoms with Crippen molar-refractivity contribution in [3.8, 4) is 16.9 Å². The maximum absolute atomic E-state index is 12.3. The van der Waals surface area contributed by atoms with E-state index in [0.29, 0.717) is 5.82 Å². The molecule has 0 radical (unpaired) electrons. The molecule has 1 fully saturated rings. The van der Waals surface area contributed by atoms with Gasteiger partial charge in [0.15, 0.2) is 11.5 Å². The maximum Gasteiger partial charge on any atom is 0.285 e. The number of amides is 1. The van der Waals surface area contributed by atoms with Crippen LogP contribution in [0.3, 0.4) is 0 Å². The average Bonchev–Trinajstić information content (AvgIpc) is 3.27. The quantitative estimate of drug-likeness (QED) is 0.508. The van der Waals surface area contributed by atoms with Gasteiger partial charge in [0.1, 0.15) is 5.75 Å². The van der Waals surface area contributed by atoms with E-state index in [9.17, 15) is 18.3 Å². The summed E-state index contributed by atoms with van der Waals surface area (Å²) < 4.78 is 25.3. The van der Waals surface area contributed by atoms with E-state index in [0.717, 1.165) is 43.9 Å². The van der Waals surface area contributed by atoms with Crippen LogP contribution >= 0.6 is 11.3 Å². The fourth-order valence-electron chi connectivity index (χ4n) is 3.50. The number of hydrogen-bond acceptors (Lipinski definition) is 10. The third kappa shape index (κ3) is 5.95. The molecule has 4 heterocycles. The van der Waals surface area contributed by atoms with E-state index in [4.69, 9.17) is 0 Å². The number of carbonyl (C=O) groups is 1. The molecule has 3 aromatic heterocycles. The summed E-state index contributed by atoms with van der Waals surface area (Å²) in [5.41, 5.74) is 1.89. The number of carbonyl (C=O) groups excluding carboxylic acids is 1. The number of thiophene rings is 1. The van der Waals surface area contributed by atoms with Gasteiger partial charge in [0.05, 0.1) is 10.9 Å². The van der Waals surface area contributed by atoms with Crippen LogP contribution in [0.1, 0.15) is 36.1 Å². The third-order valence-corrected chi connectivity index (χ3v) is 8.69. The summed E-state index contributed by atoms with van der Waals surface area (Å²) in [5.74, 6) is 0.00774. The Bertz CT molecular complexity index is 1290. The highest BCUT2D eigenvalue weighted by Gasteiger charge is 2.31. The highest BCUT2D eigenvalue weighted by molar-refractivity contribution is 7.91. The maximum atomic E-state index is 12.3. The van der Waals surface area contributed by atoms with Gasteiger partial charge in [-0.25, -0.2) is 13.1 Å². The molecule has 2 N–H and O–H groups in total. The molecule has 0 unspecified atom stereocenters. The fraction of sp³-hybridized carbons (Fsp3) is 0.391. The SMILES string of the molecule is CC(C)(C)S(=O)(=O)NC(=O)c1ccc(N2CCN(Cc3cc(-c4cncc(O)c4)cs3)CC2)nn1. The Morgan fingerprint density at radius 1 is 1.09 bits per heavy atom. The van der Waals surface area contributed by atoms with E-state index >= 15 is 0 Å². The summed E-state index contributed by atoms with van der Waals surface area (Å²) >= 11 is 1.68. The lowest BCUT2D eigenvalue weighted by Crippen LogP contribution is -2.46. The predicted octanol–water partition coefficient (Wildman–Crippen LogP) is 2.49. The molecule has 0 bridgehead atoms. The zero-order chi connectivity index (χ0) is 25.2. The monoisotopic (exact) mass is 516 g/mol. The molecular formula is C23H28N6O4S2. The molecule has 1 saturated heterocycles. The van der Waals surface area contributed by atoms with Gasteiger partial charge in [-0.1, -0.05) is 0 Å². The first-order valence-corrected chi connectivity index (χ1v) is 13.5. The number of rotatable bonds is 6. The second kappa shape index (κ2) is 9.88.